The van der Waals surface area contributed by atoms with Crippen LogP contribution in [0.15, 0.2) is 22.3 Å². The van der Waals surface area contributed by atoms with Crippen LogP contribution < -0.4 is 5.73 Å². The van der Waals surface area contributed by atoms with Gasteiger partial charge in [0, 0.05) is 8.80 Å². The smallest absolute Gasteiger partial charge is 0.228 e. The van der Waals surface area contributed by atoms with E-state index in [1.807, 2.05) is 0 Å². The Labute approximate surface area is 136 Å². The van der Waals surface area contributed by atoms with E-state index in [0.29, 0.717) is 17.4 Å². The van der Waals surface area contributed by atoms with E-state index in [1.165, 1.54) is 41.6 Å². The zero-order valence-corrected chi connectivity index (χ0v) is 16.1. The van der Waals surface area contributed by atoms with Crippen LogP contribution in [0.2, 0.25) is 18.6 Å². The van der Waals surface area contributed by atoms with Crippen molar-refractivity contribution >= 4 is 14.7 Å². The molecule has 0 heterocycles. The van der Waals surface area contributed by atoms with Gasteiger partial charge in [-0.05, 0) is 73.6 Å². The molecule has 2 fully saturated rings. The Morgan fingerprint density at radius 1 is 1.18 bits per heavy atom. The Bertz CT molecular complexity index is 588. The summed E-state index contributed by atoms with van der Waals surface area (Å²) in [6.45, 7) is 13.8. The van der Waals surface area contributed by atoms with Crippen molar-refractivity contribution in [3.8, 4) is 0 Å². The third-order valence-corrected chi connectivity index (χ3v) is 9.87. The molecule has 2 nitrogen and oxygen atoms in total. The first kappa shape index (κ1) is 16.0. The second-order valence-electron chi connectivity index (χ2n) is 8.34. The number of primary amides is 1. The van der Waals surface area contributed by atoms with E-state index in [0.717, 1.165) is 5.92 Å². The molecule has 3 aliphatic carbocycles. The first-order chi connectivity index (χ1) is 10.2. The highest BCUT2D eigenvalue weighted by molar-refractivity contribution is 6.58. The largest absolute Gasteiger partial charge is 0.369 e. The molecule has 3 rings (SSSR count). The van der Waals surface area contributed by atoms with Gasteiger partial charge in [-0.15, -0.1) is 0 Å². The Hall–Kier alpha value is -0.833. The van der Waals surface area contributed by atoms with Crippen molar-refractivity contribution in [1.29, 1.82) is 0 Å². The van der Waals surface area contributed by atoms with Crippen molar-refractivity contribution in [3.63, 3.8) is 0 Å². The van der Waals surface area contributed by atoms with Gasteiger partial charge in [-0.1, -0.05) is 32.0 Å². The average molecular weight is 318 g/mol. The number of allylic oxidation sites excluding steroid dienone is 3. The number of carbonyl (C=O) groups excluding carboxylic acids is 1. The molecule has 0 saturated heterocycles. The third-order valence-electron chi connectivity index (χ3n) is 7.36. The Morgan fingerprint density at radius 3 is 2.27 bits per heavy atom. The molecular formula is C19H31NOSi. The number of nitrogens with two attached hydrogens (primary N) is 1. The Kier molecular flexibility index (Phi) is 3.71. The van der Waals surface area contributed by atoms with Crippen LogP contribution in [0.5, 0.6) is 0 Å². The fourth-order valence-electron chi connectivity index (χ4n) is 6.40. The fourth-order valence-corrected chi connectivity index (χ4v) is 9.51. The van der Waals surface area contributed by atoms with Crippen molar-refractivity contribution in [2.45, 2.75) is 65.6 Å². The van der Waals surface area contributed by atoms with Crippen molar-refractivity contribution < 1.29 is 4.79 Å². The van der Waals surface area contributed by atoms with Crippen LogP contribution in [0, 0.1) is 23.2 Å². The summed E-state index contributed by atoms with van der Waals surface area (Å²) in [6.07, 6.45) is 3.76. The maximum Gasteiger partial charge on any atom is 0.228 e. The molecule has 122 valence electrons. The van der Waals surface area contributed by atoms with Gasteiger partial charge in [0.05, 0.1) is 5.41 Å². The SMILES string of the molecule is CC1=C(C)C(C)C(C2(C(N)=O)C3CCC(C3)C2[SiH](C)C)=C1C. The maximum atomic E-state index is 12.9. The molecule has 3 heteroatoms. The van der Waals surface area contributed by atoms with E-state index >= 15 is 0 Å². The summed E-state index contributed by atoms with van der Waals surface area (Å²) >= 11 is 0. The second-order valence-corrected chi connectivity index (χ2v) is 11.5. The summed E-state index contributed by atoms with van der Waals surface area (Å²) < 4.78 is 0. The van der Waals surface area contributed by atoms with Gasteiger partial charge in [0.25, 0.3) is 0 Å². The fraction of sp³-hybridized carbons (Fsp3) is 0.737. The van der Waals surface area contributed by atoms with E-state index in [-0.39, 0.29) is 11.3 Å². The van der Waals surface area contributed by atoms with Gasteiger partial charge in [0.2, 0.25) is 5.91 Å². The highest BCUT2D eigenvalue weighted by Gasteiger charge is 2.65. The predicted molar refractivity (Wildman–Crippen MR) is 95.3 cm³/mol. The minimum absolute atomic E-state index is 0.0189. The topological polar surface area (TPSA) is 43.1 Å². The molecule has 0 aromatic carbocycles. The number of carbonyl (C=O) groups is 1. The molecule has 22 heavy (non-hydrogen) atoms. The van der Waals surface area contributed by atoms with Crippen LogP contribution in [0.25, 0.3) is 0 Å². The Morgan fingerprint density at radius 2 is 1.82 bits per heavy atom. The molecule has 0 spiro atoms. The van der Waals surface area contributed by atoms with Crippen LogP contribution in [0.4, 0.5) is 0 Å². The lowest BCUT2D eigenvalue weighted by atomic mass is 9.63. The van der Waals surface area contributed by atoms with Crippen LogP contribution >= 0.6 is 0 Å². The van der Waals surface area contributed by atoms with Crippen molar-refractivity contribution in [1.82, 2.24) is 0 Å². The van der Waals surface area contributed by atoms with Crippen LogP contribution in [-0.2, 0) is 4.79 Å². The molecule has 0 aromatic rings. The minimum atomic E-state index is -0.954. The monoisotopic (exact) mass is 317 g/mol. The summed E-state index contributed by atoms with van der Waals surface area (Å²) in [7, 11) is -0.954. The van der Waals surface area contributed by atoms with Crippen LogP contribution in [0.1, 0.15) is 47.0 Å². The predicted octanol–water partition coefficient (Wildman–Crippen LogP) is 4.05. The van der Waals surface area contributed by atoms with Gasteiger partial charge in [-0.25, -0.2) is 0 Å². The lowest BCUT2D eigenvalue weighted by molar-refractivity contribution is -0.128. The van der Waals surface area contributed by atoms with Crippen molar-refractivity contribution in [3.05, 3.63) is 22.3 Å². The van der Waals surface area contributed by atoms with E-state index in [1.54, 1.807) is 0 Å². The number of hydrogen-bond acceptors (Lipinski definition) is 1. The van der Waals surface area contributed by atoms with E-state index in [2.05, 4.69) is 40.8 Å². The number of amides is 1. The summed E-state index contributed by atoms with van der Waals surface area (Å²) in [6, 6.07) is 0. The van der Waals surface area contributed by atoms with Gasteiger partial charge in [-0.3, -0.25) is 4.79 Å². The highest BCUT2D eigenvalue weighted by Crippen LogP contribution is 2.69. The standard InChI is InChI=1S/C19H31NOSi/c1-10-11(2)13(4)16(12(10)3)19(18(20)21)15-8-7-14(9-15)17(19)22(5)6/h12,14-15,17,22H,7-9H2,1-6H3,(H2,20,21). The molecule has 5 atom stereocenters. The Balaban J connectivity index is 2.22. The van der Waals surface area contributed by atoms with Crippen molar-refractivity contribution in [2.75, 3.05) is 0 Å². The molecule has 2 bridgehead atoms. The number of rotatable bonds is 3. The average Bonchev–Trinajstić information content (AvgIpc) is 3.08. The molecule has 1 amide bonds. The van der Waals surface area contributed by atoms with E-state index in [4.69, 9.17) is 5.73 Å². The molecule has 0 aromatic heterocycles. The molecule has 0 aliphatic heterocycles. The number of hydrogen-bond donors (Lipinski definition) is 1. The number of fused-ring (bicyclic) bond motifs is 2. The van der Waals surface area contributed by atoms with Gasteiger partial charge >= 0.3 is 0 Å². The zero-order chi connectivity index (χ0) is 16.4. The lowest BCUT2D eigenvalue weighted by Gasteiger charge is -2.46. The lowest BCUT2D eigenvalue weighted by Crippen LogP contribution is -2.50. The zero-order valence-electron chi connectivity index (χ0n) is 15.0. The van der Waals surface area contributed by atoms with E-state index < -0.39 is 8.80 Å². The molecule has 2 N–H and O–H groups in total. The third kappa shape index (κ3) is 1.75. The second kappa shape index (κ2) is 5.09. The van der Waals surface area contributed by atoms with Crippen molar-refractivity contribution in [2.24, 2.45) is 28.9 Å². The minimum Gasteiger partial charge on any atom is -0.369 e. The van der Waals surface area contributed by atoms with Gasteiger partial charge in [0.15, 0.2) is 0 Å². The molecular weight excluding hydrogens is 286 g/mol. The molecule has 3 aliphatic rings. The summed E-state index contributed by atoms with van der Waals surface area (Å²) in [5.41, 5.74) is 12.0. The van der Waals surface area contributed by atoms with Crippen LogP contribution in [0.3, 0.4) is 0 Å². The van der Waals surface area contributed by atoms with E-state index in [9.17, 15) is 4.79 Å². The normalized spacial score (nSPS) is 41.2. The van der Waals surface area contributed by atoms with Crippen LogP contribution in [-0.4, -0.2) is 14.7 Å². The first-order valence-electron chi connectivity index (χ1n) is 8.93. The summed E-state index contributed by atoms with van der Waals surface area (Å²) in [5, 5.41) is 0. The summed E-state index contributed by atoms with van der Waals surface area (Å²) in [5.74, 6) is 1.62. The molecule has 2 saturated carbocycles. The maximum absolute atomic E-state index is 12.9. The quantitative estimate of drug-likeness (QED) is 0.784. The first-order valence-corrected chi connectivity index (χ1v) is 11.9. The van der Waals surface area contributed by atoms with Gasteiger partial charge in [0.1, 0.15) is 0 Å². The molecule has 0 radical (unpaired) electrons. The van der Waals surface area contributed by atoms with Gasteiger partial charge in [-0.2, -0.15) is 0 Å². The highest BCUT2D eigenvalue weighted by atomic mass is 28.3. The van der Waals surface area contributed by atoms with Gasteiger partial charge < -0.3 is 5.73 Å². The summed E-state index contributed by atoms with van der Waals surface area (Å²) in [4.78, 5) is 12.9. The molecule has 5 unspecified atom stereocenters.